The summed E-state index contributed by atoms with van der Waals surface area (Å²) in [4.78, 5) is 0. The molecule has 0 amide bonds. The Morgan fingerprint density at radius 2 is 1.62 bits per heavy atom. The molecule has 1 aromatic rings. The van der Waals surface area contributed by atoms with E-state index in [2.05, 4.69) is 0 Å². The molecule has 4 nitrogen and oxygen atoms in total. The Bertz CT molecular complexity index is 383. The number of rotatable bonds is 2. The van der Waals surface area contributed by atoms with Crippen molar-refractivity contribution < 1.29 is 13.0 Å². The first-order valence-corrected chi connectivity index (χ1v) is 5.08. The fourth-order valence-corrected chi connectivity index (χ4v) is 1.30. The summed E-state index contributed by atoms with van der Waals surface area (Å²) < 4.78 is 31.9. The molecule has 0 radical (unpaired) electrons. The third-order valence-corrected chi connectivity index (χ3v) is 3.27. The van der Waals surface area contributed by atoms with Crippen molar-refractivity contribution in [3.05, 3.63) is 30.3 Å². The SMILES string of the molecule is C[N+](C)(c1ccccc1)S(=O)(=O)[O-]. The van der Waals surface area contributed by atoms with E-state index < -0.39 is 14.2 Å². The number of quaternary nitrogens is 1. The average Bonchev–Trinajstić information content (AvgIpc) is 2.04. The van der Waals surface area contributed by atoms with Gasteiger partial charge in [0, 0.05) is 12.1 Å². The van der Waals surface area contributed by atoms with Gasteiger partial charge in [0.2, 0.25) is 0 Å². The molecule has 0 aliphatic heterocycles. The maximum absolute atomic E-state index is 10.9. The van der Waals surface area contributed by atoms with Gasteiger partial charge in [0.05, 0.1) is 14.1 Å². The summed E-state index contributed by atoms with van der Waals surface area (Å²) in [5.41, 5.74) is 0.456. The van der Waals surface area contributed by atoms with Crippen molar-refractivity contribution >= 4 is 16.0 Å². The van der Waals surface area contributed by atoms with Gasteiger partial charge in [0.1, 0.15) is 5.69 Å². The van der Waals surface area contributed by atoms with Crippen molar-refractivity contribution in [3.63, 3.8) is 0 Å². The molecule has 0 unspecified atom stereocenters. The Labute approximate surface area is 77.9 Å². The highest BCUT2D eigenvalue weighted by Crippen LogP contribution is 2.20. The highest BCUT2D eigenvalue weighted by molar-refractivity contribution is 7.85. The van der Waals surface area contributed by atoms with Crippen LogP contribution < -0.4 is 3.89 Å². The van der Waals surface area contributed by atoms with E-state index in [1.54, 1.807) is 30.3 Å². The van der Waals surface area contributed by atoms with E-state index in [0.29, 0.717) is 5.69 Å². The highest BCUT2D eigenvalue weighted by Gasteiger charge is 2.26. The fraction of sp³-hybridized carbons (Fsp3) is 0.250. The fourth-order valence-electron chi connectivity index (χ4n) is 0.916. The number of hydrogen-bond donors (Lipinski definition) is 0. The van der Waals surface area contributed by atoms with E-state index in [0.717, 1.165) is 0 Å². The van der Waals surface area contributed by atoms with Crippen molar-refractivity contribution in [2.75, 3.05) is 14.1 Å². The van der Waals surface area contributed by atoms with Gasteiger partial charge in [0.25, 0.3) is 10.3 Å². The Morgan fingerprint density at radius 3 is 2.00 bits per heavy atom. The maximum Gasteiger partial charge on any atom is 0.258 e. The summed E-state index contributed by atoms with van der Waals surface area (Å²) in [7, 11) is -1.68. The lowest BCUT2D eigenvalue weighted by Crippen LogP contribution is -2.46. The number of hydrogen-bond acceptors (Lipinski definition) is 3. The van der Waals surface area contributed by atoms with Crippen molar-refractivity contribution in [2.45, 2.75) is 0 Å². The highest BCUT2D eigenvalue weighted by atomic mass is 32.2. The molecule has 0 saturated heterocycles. The van der Waals surface area contributed by atoms with Crippen LogP contribution in [0.2, 0.25) is 0 Å². The lowest BCUT2D eigenvalue weighted by Gasteiger charge is -2.30. The predicted octanol–water partition coefficient (Wildman–Crippen LogP) is 0.714. The van der Waals surface area contributed by atoms with Crippen LogP contribution in [0.4, 0.5) is 5.69 Å². The first-order chi connectivity index (χ1) is 5.86. The van der Waals surface area contributed by atoms with Crippen molar-refractivity contribution in [1.82, 2.24) is 3.89 Å². The molecule has 72 valence electrons. The molecule has 0 bridgehead atoms. The quantitative estimate of drug-likeness (QED) is 0.523. The van der Waals surface area contributed by atoms with Crippen LogP contribution >= 0.6 is 0 Å². The summed E-state index contributed by atoms with van der Waals surface area (Å²) in [6.45, 7) is 0. The van der Waals surface area contributed by atoms with Crippen molar-refractivity contribution in [2.24, 2.45) is 0 Å². The van der Waals surface area contributed by atoms with Crippen LogP contribution in [0.1, 0.15) is 0 Å². The van der Waals surface area contributed by atoms with E-state index in [1.165, 1.54) is 14.1 Å². The summed E-state index contributed by atoms with van der Waals surface area (Å²) in [5.74, 6) is 0. The van der Waals surface area contributed by atoms with E-state index in [9.17, 15) is 13.0 Å². The predicted molar refractivity (Wildman–Crippen MR) is 49.8 cm³/mol. The molecule has 0 N–H and O–H groups in total. The van der Waals surface area contributed by atoms with Gasteiger partial charge in [-0.05, 0) is 0 Å². The molecule has 5 heteroatoms. The Kier molecular flexibility index (Phi) is 2.42. The molecule has 0 spiro atoms. The van der Waals surface area contributed by atoms with Gasteiger partial charge in [-0.3, -0.25) is 0 Å². The van der Waals surface area contributed by atoms with Gasteiger partial charge in [0.15, 0.2) is 0 Å². The van der Waals surface area contributed by atoms with E-state index >= 15 is 0 Å². The normalized spacial score (nSPS) is 12.8. The molecular formula is C8H11NO3S. The number of benzene rings is 1. The molecule has 0 heterocycles. The van der Waals surface area contributed by atoms with Gasteiger partial charge < -0.3 is 4.55 Å². The summed E-state index contributed by atoms with van der Waals surface area (Å²) in [6.07, 6.45) is 0. The molecule has 0 fully saturated rings. The summed E-state index contributed by atoms with van der Waals surface area (Å²) in [5, 5.41) is 0. The molecule has 13 heavy (non-hydrogen) atoms. The van der Waals surface area contributed by atoms with Gasteiger partial charge in [-0.1, -0.05) is 18.2 Å². The Hall–Kier alpha value is -0.910. The zero-order valence-electron chi connectivity index (χ0n) is 7.47. The van der Waals surface area contributed by atoms with Crippen LogP contribution in [0.3, 0.4) is 0 Å². The first kappa shape index (κ1) is 10.2. The minimum absolute atomic E-state index is 0.456. The average molecular weight is 201 g/mol. The zero-order chi connectivity index (χ0) is 10.1. The minimum Gasteiger partial charge on any atom is -0.701 e. The number of nitrogens with zero attached hydrogens (tertiary/aromatic N) is 1. The standard InChI is InChI=1S/C8H11NO3S/c1-9(2,13(10,11)12)8-6-4-3-5-7-8/h3-7H,1-2H3. The third-order valence-electron chi connectivity index (χ3n) is 1.94. The van der Waals surface area contributed by atoms with Crippen LogP contribution in [-0.2, 0) is 10.3 Å². The number of para-hydroxylation sites is 1. The minimum atomic E-state index is -4.37. The molecule has 0 aliphatic carbocycles. The molecule has 0 aromatic heterocycles. The molecule has 0 saturated carbocycles. The van der Waals surface area contributed by atoms with E-state index in [4.69, 9.17) is 0 Å². The summed E-state index contributed by atoms with van der Waals surface area (Å²) in [6, 6.07) is 8.37. The smallest absolute Gasteiger partial charge is 0.258 e. The third kappa shape index (κ3) is 1.88. The Morgan fingerprint density at radius 1 is 1.15 bits per heavy atom. The topological polar surface area (TPSA) is 57.2 Å². The van der Waals surface area contributed by atoms with Crippen LogP contribution in [0.15, 0.2) is 30.3 Å². The van der Waals surface area contributed by atoms with Crippen molar-refractivity contribution in [1.29, 1.82) is 0 Å². The second-order valence-electron chi connectivity index (χ2n) is 3.11. The molecule has 1 aromatic carbocycles. The van der Waals surface area contributed by atoms with Gasteiger partial charge in [-0.15, -0.1) is 0 Å². The van der Waals surface area contributed by atoms with Crippen LogP contribution in [0.25, 0.3) is 0 Å². The largest absolute Gasteiger partial charge is 0.701 e. The molecule has 0 atom stereocenters. The first-order valence-electron chi connectivity index (χ1n) is 3.71. The zero-order valence-corrected chi connectivity index (χ0v) is 8.28. The second-order valence-corrected chi connectivity index (χ2v) is 4.88. The lowest BCUT2D eigenvalue weighted by atomic mass is 10.3. The monoisotopic (exact) mass is 201 g/mol. The van der Waals surface area contributed by atoms with Crippen LogP contribution in [0, 0.1) is 0 Å². The molecular weight excluding hydrogens is 190 g/mol. The van der Waals surface area contributed by atoms with Crippen LogP contribution in [0.5, 0.6) is 0 Å². The van der Waals surface area contributed by atoms with Gasteiger partial charge in [-0.2, -0.15) is 8.42 Å². The van der Waals surface area contributed by atoms with E-state index in [1.807, 2.05) is 0 Å². The van der Waals surface area contributed by atoms with Gasteiger partial charge >= 0.3 is 0 Å². The van der Waals surface area contributed by atoms with Crippen LogP contribution in [-0.4, -0.2) is 27.1 Å². The van der Waals surface area contributed by atoms with Crippen molar-refractivity contribution in [3.8, 4) is 0 Å². The second kappa shape index (κ2) is 3.10. The molecule has 0 aliphatic rings. The summed E-state index contributed by atoms with van der Waals surface area (Å²) >= 11 is 0. The molecule has 1 rings (SSSR count). The lowest BCUT2D eigenvalue weighted by molar-refractivity contribution is 0.397. The van der Waals surface area contributed by atoms with Gasteiger partial charge in [-0.25, -0.2) is 3.89 Å². The van der Waals surface area contributed by atoms with E-state index in [-0.39, 0.29) is 0 Å². The maximum atomic E-state index is 10.9. The Balaban J connectivity index is 3.24.